The molecule has 1 saturated carbocycles. The smallest absolute Gasteiger partial charge is 0.275 e. The molecule has 222 valence electrons. The van der Waals surface area contributed by atoms with Crippen molar-refractivity contribution in [3.05, 3.63) is 71.3 Å². The van der Waals surface area contributed by atoms with Crippen LogP contribution in [0.25, 0.3) is 11.3 Å². The number of hydrogen-bond acceptors (Lipinski definition) is 7. The number of aryl methyl sites for hydroxylation is 1. The maximum absolute atomic E-state index is 15.2. The lowest BCUT2D eigenvalue weighted by Crippen LogP contribution is -2.32. The highest BCUT2D eigenvalue weighted by molar-refractivity contribution is 7.28. The van der Waals surface area contributed by atoms with E-state index in [1.54, 1.807) is 47.2 Å². The lowest BCUT2D eigenvalue weighted by molar-refractivity contribution is -0.118. The predicted octanol–water partition coefficient (Wildman–Crippen LogP) is 4.44. The normalized spacial score (nSPS) is 18.8. The first-order valence-electron chi connectivity index (χ1n) is 14.0. The molecule has 0 bridgehead atoms. The van der Waals surface area contributed by atoms with E-state index in [0.29, 0.717) is 28.7 Å². The quantitative estimate of drug-likeness (QED) is 0.290. The molecule has 1 aliphatic carbocycles. The fraction of sp³-hybridized carbons (Fsp3) is 0.333. The van der Waals surface area contributed by atoms with Crippen molar-refractivity contribution in [1.29, 1.82) is 0 Å². The van der Waals surface area contributed by atoms with Gasteiger partial charge in [0.1, 0.15) is 28.9 Å². The Bertz CT molecular complexity index is 1760. The Balaban J connectivity index is 1.20. The number of hydrogen-bond donors (Lipinski definition) is 1. The summed E-state index contributed by atoms with van der Waals surface area (Å²) in [5, 5.41) is 8.16. The van der Waals surface area contributed by atoms with Crippen molar-refractivity contribution in [2.45, 2.75) is 46.0 Å². The topological polar surface area (TPSA) is 115 Å². The Hall–Kier alpha value is -3.81. The first-order valence-corrected chi connectivity index (χ1v) is 15.2. The third-order valence-corrected chi connectivity index (χ3v) is 8.85. The minimum absolute atomic E-state index is 0.0152. The van der Waals surface area contributed by atoms with Gasteiger partial charge in [-0.15, -0.1) is 9.24 Å². The van der Waals surface area contributed by atoms with Crippen molar-refractivity contribution in [2.24, 2.45) is 11.8 Å². The van der Waals surface area contributed by atoms with E-state index >= 15 is 4.39 Å². The van der Waals surface area contributed by atoms with Gasteiger partial charge in [-0.05, 0) is 62.8 Å². The molecule has 2 fully saturated rings. The molecule has 1 aliphatic heterocycles. The van der Waals surface area contributed by atoms with Crippen molar-refractivity contribution in [3.63, 3.8) is 0 Å². The summed E-state index contributed by atoms with van der Waals surface area (Å²) in [6.07, 6.45) is 8.78. The van der Waals surface area contributed by atoms with Crippen LogP contribution in [0.2, 0.25) is 0 Å². The van der Waals surface area contributed by atoms with E-state index < -0.39 is 11.7 Å². The van der Waals surface area contributed by atoms with E-state index in [9.17, 15) is 9.59 Å². The third-order valence-electron chi connectivity index (χ3n) is 8.02. The highest BCUT2D eigenvalue weighted by atomic mass is 31.0. The van der Waals surface area contributed by atoms with Gasteiger partial charge in [0.2, 0.25) is 5.91 Å². The summed E-state index contributed by atoms with van der Waals surface area (Å²) in [5.74, 6) is 0.524. The van der Waals surface area contributed by atoms with E-state index in [2.05, 4.69) is 43.8 Å². The van der Waals surface area contributed by atoms with Crippen LogP contribution in [0.4, 0.5) is 15.9 Å². The summed E-state index contributed by atoms with van der Waals surface area (Å²) in [6, 6.07) is 3.11. The van der Waals surface area contributed by atoms with Crippen molar-refractivity contribution < 1.29 is 18.7 Å². The fourth-order valence-corrected chi connectivity index (χ4v) is 6.02. The van der Waals surface area contributed by atoms with Crippen LogP contribution in [0.1, 0.15) is 53.5 Å². The molecule has 3 aromatic heterocycles. The minimum Gasteiger partial charge on any atom is -0.486 e. The second kappa shape index (κ2) is 11.4. The SMILES string of the molecule is Cc1ccc(OC(C)P)c(-c2cncc(C(=O)Nc3cnn(C(C)c4cnc(N5C[C@H]6C[C@H]6C5=O)c(P)c4C)c3)n2)c1F. The molecule has 4 heterocycles. The Kier molecular flexibility index (Phi) is 7.73. The molecule has 13 heteroatoms. The number of carbonyl (C=O) groups excluding carboxylic acids is 2. The molecule has 6 rings (SSSR count). The van der Waals surface area contributed by atoms with Gasteiger partial charge >= 0.3 is 0 Å². The van der Waals surface area contributed by atoms with E-state index in [0.717, 1.165) is 29.4 Å². The molecule has 1 saturated heterocycles. The maximum atomic E-state index is 15.2. The van der Waals surface area contributed by atoms with Gasteiger partial charge in [-0.3, -0.25) is 24.2 Å². The summed E-state index contributed by atoms with van der Waals surface area (Å²) in [6.45, 7) is 8.19. The summed E-state index contributed by atoms with van der Waals surface area (Å²) < 4.78 is 22.7. The van der Waals surface area contributed by atoms with Gasteiger partial charge in [0.25, 0.3) is 5.91 Å². The number of halogens is 1. The molecule has 0 spiro atoms. The first kappa shape index (κ1) is 29.3. The highest BCUT2D eigenvalue weighted by Crippen LogP contribution is 2.47. The predicted molar refractivity (Wildman–Crippen MR) is 168 cm³/mol. The molecule has 4 aromatic rings. The van der Waals surface area contributed by atoms with Crippen LogP contribution in [0.5, 0.6) is 5.75 Å². The van der Waals surface area contributed by atoms with Crippen LogP contribution in [0.15, 0.2) is 43.1 Å². The van der Waals surface area contributed by atoms with Crippen molar-refractivity contribution in [1.82, 2.24) is 24.7 Å². The number of fused-ring (bicyclic) bond motifs is 1. The van der Waals surface area contributed by atoms with Crippen LogP contribution in [-0.4, -0.2) is 48.9 Å². The lowest BCUT2D eigenvalue weighted by Gasteiger charge is -2.23. The number of amides is 2. The molecule has 1 N–H and O–H groups in total. The average Bonchev–Trinajstić information content (AvgIpc) is 3.48. The van der Waals surface area contributed by atoms with Crippen LogP contribution in [0.3, 0.4) is 0 Å². The summed E-state index contributed by atoms with van der Waals surface area (Å²) in [5.41, 5.74) is 3.18. The van der Waals surface area contributed by atoms with Gasteiger partial charge in [-0.2, -0.15) is 5.10 Å². The van der Waals surface area contributed by atoms with Gasteiger partial charge in [-0.1, -0.05) is 15.3 Å². The van der Waals surface area contributed by atoms with E-state index in [-0.39, 0.29) is 40.7 Å². The number of rotatable bonds is 8. The monoisotopic (exact) mass is 619 g/mol. The van der Waals surface area contributed by atoms with Gasteiger partial charge in [-0.25, -0.2) is 14.4 Å². The van der Waals surface area contributed by atoms with Crippen LogP contribution in [0, 0.1) is 31.5 Å². The molecule has 2 aliphatic rings. The Labute approximate surface area is 253 Å². The first-order chi connectivity index (χ1) is 20.5. The number of benzene rings is 1. The highest BCUT2D eigenvalue weighted by Gasteiger charge is 2.53. The van der Waals surface area contributed by atoms with Crippen LogP contribution >= 0.6 is 18.5 Å². The number of nitrogens with one attached hydrogen (secondary N) is 1. The van der Waals surface area contributed by atoms with Gasteiger partial charge in [0.15, 0.2) is 0 Å². The van der Waals surface area contributed by atoms with Crippen molar-refractivity contribution >= 4 is 47.1 Å². The summed E-state index contributed by atoms with van der Waals surface area (Å²) in [4.78, 5) is 40.8. The Morgan fingerprint density at radius 2 is 1.98 bits per heavy atom. The van der Waals surface area contributed by atoms with Crippen molar-refractivity contribution in [2.75, 3.05) is 16.8 Å². The minimum atomic E-state index is -0.515. The molecule has 6 atom stereocenters. The van der Waals surface area contributed by atoms with Crippen LogP contribution in [-0.2, 0) is 4.79 Å². The van der Waals surface area contributed by atoms with E-state index in [4.69, 9.17) is 4.74 Å². The van der Waals surface area contributed by atoms with Crippen molar-refractivity contribution in [3.8, 4) is 17.0 Å². The number of pyridine rings is 1. The van der Waals surface area contributed by atoms with Crippen LogP contribution < -0.4 is 20.3 Å². The van der Waals surface area contributed by atoms with Gasteiger partial charge in [0.05, 0.1) is 41.6 Å². The molecular formula is C30H32FN7O3P2. The third kappa shape index (κ3) is 5.52. The molecule has 10 nitrogen and oxygen atoms in total. The lowest BCUT2D eigenvalue weighted by atomic mass is 10.1. The van der Waals surface area contributed by atoms with Gasteiger partial charge < -0.3 is 10.1 Å². The summed E-state index contributed by atoms with van der Waals surface area (Å²) >= 11 is 0. The van der Waals surface area contributed by atoms with Gasteiger partial charge in [0, 0.05) is 30.2 Å². The van der Waals surface area contributed by atoms with E-state index in [1.165, 1.54) is 12.4 Å². The number of anilines is 2. The van der Waals surface area contributed by atoms with E-state index in [1.807, 2.05) is 20.8 Å². The fourth-order valence-electron chi connectivity index (χ4n) is 5.47. The molecule has 0 radical (unpaired) electrons. The molecule has 1 aromatic carbocycles. The average molecular weight is 620 g/mol. The number of nitrogens with zero attached hydrogens (tertiary/aromatic N) is 6. The zero-order valence-corrected chi connectivity index (χ0v) is 26.5. The Morgan fingerprint density at radius 3 is 2.70 bits per heavy atom. The maximum Gasteiger partial charge on any atom is 0.275 e. The second-order valence-corrected chi connectivity index (χ2v) is 12.7. The standard InChI is InChI=1S/C30H32FN7O3P2/c1-14-5-6-24(41-17(4)42)25(26(14)31)22-10-32-11-23(36-22)29(39)35-19-8-34-38(13-19)16(3)21-9-33-28(27(43)15(21)2)37-12-18-7-20(18)30(37)40/h5-6,8-11,13,16-18,20H,7,12,42-43H2,1-4H3,(H,35,39)/t16?,17?,18-,20-/m1/s1. The zero-order chi connectivity index (χ0) is 30.6. The number of ether oxygens (including phenoxy) is 1. The summed E-state index contributed by atoms with van der Waals surface area (Å²) in [7, 11) is 5.24. The Morgan fingerprint density at radius 1 is 1.19 bits per heavy atom. The second-order valence-electron chi connectivity index (χ2n) is 11.1. The molecule has 43 heavy (non-hydrogen) atoms. The molecule has 4 unspecified atom stereocenters. The number of aromatic nitrogens is 5. The largest absolute Gasteiger partial charge is 0.486 e. The molecular weight excluding hydrogens is 587 g/mol. The number of carbonyl (C=O) groups is 2. The zero-order valence-electron chi connectivity index (χ0n) is 24.2. The molecule has 2 amide bonds. The number of piperidine rings is 1.